The molecule has 0 aliphatic carbocycles. The number of carbonyl (C=O) groups excluding carboxylic acids is 2. The molecule has 5 heteroatoms. The van der Waals surface area contributed by atoms with Gasteiger partial charge in [0.2, 0.25) is 0 Å². The third-order valence-electron chi connectivity index (χ3n) is 6.72. The van der Waals surface area contributed by atoms with Crippen molar-refractivity contribution in [2.45, 2.75) is 52.0 Å². The molecule has 1 unspecified atom stereocenters. The largest absolute Gasteiger partial charge is 0.507 e. The van der Waals surface area contributed by atoms with Crippen LogP contribution in [0.5, 0.6) is 5.75 Å². The molecule has 36 heavy (non-hydrogen) atoms. The van der Waals surface area contributed by atoms with Crippen LogP contribution >= 0.6 is 0 Å². The molecule has 1 atom stereocenters. The first-order chi connectivity index (χ1) is 17.0. The maximum absolute atomic E-state index is 13.4. The molecule has 0 aromatic heterocycles. The first-order valence-corrected chi connectivity index (χ1v) is 12.2. The highest BCUT2D eigenvalue weighted by Gasteiger charge is 2.47. The van der Waals surface area contributed by atoms with Crippen molar-refractivity contribution >= 4 is 23.1 Å². The summed E-state index contributed by atoms with van der Waals surface area (Å²) < 4.78 is 5.30. The zero-order valence-electron chi connectivity index (χ0n) is 21.7. The quantitative estimate of drug-likeness (QED) is 0.248. The number of Topliss-reactive ketones (excluding diaryl/α,β-unsaturated/α-hetero) is 1. The van der Waals surface area contributed by atoms with Crippen molar-refractivity contribution in [1.29, 1.82) is 0 Å². The lowest BCUT2D eigenvalue weighted by atomic mass is 9.85. The second-order valence-electron chi connectivity index (χ2n) is 10.5. The molecule has 3 aromatic carbocycles. The minimum Gasteiger partial charge on any atom is -0.507 e. The average Bonchev–Trinajstić information content (AvgIpc) is 3.13. The Morgan fingerprint density at radius 3 is 2.14 bits per heavy atom. The van der Waals surface area contributed by atoms with Crippen LogP contribution in [0.2, 0.25) is 0 Å². The van der Waals surface area contributed by atoms with E-state index in [1.165, 1.54) is 12.0 Å². The molecular formula is C31H33NO4. The van der Waals surface area contributed by atoms with Gasteiger partial charge in [-0.3, -0.25) is 14.5 Å². The van der Waals surface area contributed by atoms with E-state index in [0.29, 0.717) is 22.9 Å². The number of ether oxygens (including phenoxy) is 1. The van der Waals surface area contributed by atoms with Crippen molar-refractivity contribution in [3.05, 3.63) is 101 Å². The van der Waals surface area contributed by atoms with Gasteiger partial charge in [-0.1, -0.05) is 83.1 Å². The van der Waals surface area contributed by atoms with Crippen LogP contribution in [-0.4, -0.2) is 23.9 Å². The van der Waals surface area contributed by atoms with Crippen LogP contribution in [0.3, 0.4) is 0 Å². The lowest BCUT2D eigenvalue weighted by Crippen LogP contribution is -2.29. The molecule has 1 amide bonds. The predicted molar refractivity (Wildman–Crippen MR) is 143 cm³/mol. The van der Waals surface area contributed by atoms with Crippen LogP contribution in [0.4, 0.5) is 5.69 Å². The average molecular weight is 484 g/mol. The molecule has 1 saturated heterocycles. The number of carbonyl (C=O) groups is 2. The van der Waals surface area contributed by atoms with Crippen molar-refractivity contribution in [3.63, 3.8) is 0 Å². The van der Waals surface area contributed by atoms with Gasteiger partial charge in [-0.25, -0.2) is 0 Å². The molecule has 0 saturated carbocycles. The van der Waals surface area contributed by atoms with E-state index >= 15 is 0 Å². The number of aliphatic hydroxyl groups is 1. The van der Waals surface area contributed by atoms with E-state index < -0.39 is 17.7 Å². The fourth-order valence-electron chi connectivity index (χ4n) is 4.53. The van der Waals surface area contributed by atoms with Crippen LogP contribution in [0.25, 0.3) is 5.76 Å². The van der Waals surface area contributed by atoms with Crippen molar-refractivity contribution < 1.29 is 19.4 Å². The van der Waals surface area contributed by atoms with E-state index in [9.17, 15) is 14.7 Å². The van der Waals surface area contributed by atoms with Crippen LogP contribution in [0.15, 0.2) is 78.4 Å². The van der Waals surface area contributed by atoms with Crippen LogP contribution < -0.4 is 9.64 Å². The molecule has 1 heterocycles. The van der Waals surface area contributed by atoms with E-state index in [0.717, 1.165) is 16.7 Å². The van der Waals surface area contributed by atoms with E-state index in [1.54, 1.807) is 24.3 Å². The number of benzene rings is 3. The number of nitrogens with zero attached hydrogens (tertiary/aromatic N) is 1. The van der Waals surface area contributed by atoms with Gasteiger partial charge in [-0.2, -0.15) is 0 Å². The highest BCUT2D eigenvalue weighted by Crippen LogP contribution is 2.43. The number of methoxy groups -OCH3 is 1. The topological polar surface area (TPSA) is 66.8 Å². The van der Waals surface area contributed by atoms with Gasteiger partial charge >= 0.3 is 0 Å². The number of amides is 1. The van der Waals surface area contributed by atoms with Crippen molar-refractivity contribution in [2.24, 2.45) is 0 Å². The molecule has 4 rings (SSSR count). The first kappa shape index (κ1) is 25.2. The Bertz CT molecular complexity index is 1310. The second-order valence-corrected chi connectivity index (χ2v) is 10.5. The zero-order chi connectivity index (χ0) is 26.2. The lowest BCUT2D eigenvalue weighted by Gasteiger charge is -2.27. The van der Waals surface area contributed by atoms with Gasteiger partial charge in [-0.05, 0) is 52.3 Å². The SMILES string of the molecule is COc1cccc(/C(O)=C2/C(=O)C(=O)N(c3ccc(C(C)C)cc3)C2c2ccc(C(C)(C)C)cc2)c1. The molecule has 0 radical (unpaired) electrons. The summed E-state index contributed by atoms with van der Waals surface area (Å²) in [7, 11) is 1.54. The number of hydrogen-bond acceptors (Lipinski definition) is 4. The number of ketones is 1. The normalized spacial score (nSPS) is 17.6. The maximum Gasteiger partial charge on any atom is 0.300 e. The Kier molecular flexibility index (Phi) is 6.77. The van der Waals surface area contributed by atoms with Gasteiger partial charge in [0.05, 0.1) is 18.7 Å². The summed E-state index contributed by atoms with van der Waals surface area (Å²) in [6, 6.07) is 21.7. The fourth-order valence-corrected chi connectivity index (χ4v) is 4.53. The Morgan fingerprint density at radius 1 is 0.944 bits per heavy atom. The summed E-state index contributed by atoms with van der Waals surface area (Å²) in [4.78, 5) is 28.3. The van der Waals surface area contributed by atoms with Crippen molar-refractivity contribution in [2.75, 3.05) is 12.0 Å². The summed E-state index contributed by atoms with van der Waals surface area (Å²) in [5.74, 6) is -0.722. The monoisotopic (exact) mass is 483 g/mol. The molecule has 5 nitrogen and oxygen atoms in total. The van der Waals surface area contributed by atoms with Gasteiger partial charge in [0.25, 0.3) is 11.7 Å². The predicted octanol–water partition coefficient (Wildman–Crippen LogP) is 6.74. The number of anilines is 1. The van der Waals surface area contributed by atoms with Gasteiger partial charge in [-0.15, -0.1) is 0 Å². The van der Waals surface area contributed by atoms with Crippen LogP contribution in [0.1, 0.15) is 68.8 Å². The molecule has 1 aliphatic heterocycles. The van der Waals surface area contributed by atoms with Gasteiger partial charge in [0.1, 0.15) is 11.5 Å². The van der Waals surface area contributed by atoms with Gasteiger partial charge in [0.15, 0.2) is 0 Å². The minimum atomic E-state index is -0.768. The Morgan fingerprint density at radius 2 is 1.58 bits per heavy atom. The number of aliphatic hydroxyl groups excluding tert-OH is 1. The molecule has 0 spiro atoms. The third-order valence-corrected chi connectivity index (χ3v) is 6.72. The van der Waals surface area contributed by atoms with E-state index in [4.69, 9.17) is 4.74 Å². The maximum atomic E-state index is 13.4. The molecule has 1 fully saturated rings. The van der Waals surface area contributed by atoms with E-state index in [-0.39, 0.29) is 16.7 Å². The Balaban J connectivity index is 1.91. The third kappa shape index (κ3) is 4.66. The second kappa shape index (κ2) is 9.65. The first-order valence-electron chi connectivity index (χ1n) is 12.2. The molecular weight excluding hydrogens is 450 g/mol. The minimum absolute atomic E-state index is 0.0480. The zero-order valence-corrected chi connectivity index (χ0v) is 21.7. The highest BCUT2D eigenvalue weighted by molar-refractivity contribution is 6.51. The molecule has 186 valence electrons. The molecule has 1 aliphatic rings. The fraction of sp³-hybridized carbons (Fsp3) is 0.290. The Labute approximate surface area is 213 Å². The van der Waals surface area contributed by atoms with Crippen molar-refractivity contribution in [1.82, 2.24) is 0 Å². The van der Waals surface area contributed by atoms with Crippen LogP contribution in [0, 0.1) is 0 Å². The standard InChI is InChI=1S/C31H33NO4/c1-19(2)20-12-16-24(17-13-20)32-27(21-10-14-23(15-11-21)31(3,4)5)26(29(34)30(32)35)28(33)22-8-7-9-25(18-22)36-6/h7-19,27,33H,1-6H3/b28-26-. The Hall–Kier alpha value is -3.86. The summed E-state index contributed by atoms with van der Waals surface area (Å²) in [6.45, 7) is 10.6. The van der Waals surface area contributed by atoms with Crippen molar-refractivity contribution in [3.8, 4) is 5.75 Å². The number of hydrogen-bond donors (Lipinski definition) is 1. The lowest BCUT2D eigenvalue weighted by molar-refractivity contribution is -0.132. The summed E-state index contributed by atoms with van der Waals surface area (Å²) in [5.41, 5.74) is 4.06. The summed E-state index contributed by atoms with van der Waals surface area (Å²) in [6.07, 6.45) is 0. The molecule has 1 N–H and O–H groups in total. The highest BCUT2D eigenvalue weighted by atomic mass is 16.5. The van der Waals surface area contributed by atoms with Gasteiger partial charge in [0, 0.05) is 11.3 Å². The summed E-state index contributed by atoms with van der Waals surface area (Å²) in [5, 5.41) is 11.3. The molecule has 3 aromatic rings. The number of rotatable bonds is 5. The molecule has 0 bridgehead atoms. The van der Waals surface area contributed by atoms with Gasteiger partial charge < -0.3 is 9.84 Å². The smallest absolute Gasteiger partial charge is 0.300 e. The van der Waals surface area contributed by atoms with Crippen LogP contribution in [-0.2, 0) is 15.0 Å². The van der Waals surface area contributed by atoms with E-state index in [1.807, 2.05) is 48.5 Å². The summed E-state index contributed by atoms with van der Waals surface area (Å²) >= 11 is 0. The van der Waals surface area contributed by atoms with E-state index in [2.05, 4.69) is 34.6 Å².